The minimum atomic E-state index is -0.448. The molecule has 124 valence electrons. The van der Waals surface area contributed by atoms with Gasteiger partial charge in [0.15, 0.2) is 0 Å². The van der Waals surface area contributed by atoms with Crippen LogP contribution in [0.2, 0.25) is 0 Å². The largest absolute Gasteiger partial charge is 0.341 e. The third-order valence-electron chi connectivity index (χ3n) is 5.06. The molecule has 0 unspecified atom stereocenters. The number of amides is 2. The Balaban J connectivity index is 1.41. The summed E-state index contributed by atoms with van der Waals surface area (Å²) in [6, 6.07) is 9.05. The third kappa shape index (κ3) is 2.68. The zero-order chi connectivity index (χ0) is 16.5. The van der Waals surface area contributed by atoms with Crippen LogP contribution in [0.5, 0.6) is 0 Å². The molecule has 2 N–H and O–H groups in total. The van der Waals surface area contributed by atoms with Gasteiger partial charge in [-0.3, -0.25) is 14.7 Å². The number of aromatic amines is 1. The Bertz CT molecular complexity index is 748. The number of aromatic nitrogens is 2. The number of nitrogens with zero attached hydrogens (tertiary/aromatic N) is 2. The SMILES string of the molecule is O=C1N[C@H](C(=O)N2CCC(c3ccn[nH]3)CC2)Cc2ccccc21. The first-order chi connectivity index (χ1) is 11.7. The molecule has 4 rings (SSSR count). The molecule has 2 amide bonds. The second-order valence-electron chi connectivity index (χ2n) is 6.50. The van der Waals surface area contributed by atoms with E-state index in [1.165, 1.54) is 0 Å². The molecule has 1 aromatic carbocycles. The van der Waals surface area contributed by atoms with Crippen LogP contribution in [0, 0.1) is 0 Å². The van der Waals surface area contributed by atoms with Gasteiger partial charge >= 0.3 is 0 Å². The number of nitrogens with one attached hydrogen (secondary N) is 2. The molecule has 6 heteroatoms. The second-order valence-corrected chi connectivity index (χ2v) is 6.50. The van der Waals surface area contributed by atoms with Crippen LogP contribution in [0.4, 0.5) is 0 Å². The highest BCUT2D eigenvalue weighted by Gasteiger charge is 2.33. The van der Waals surface area contributed by atoms with Crippen molar-refractivity contribution in [1.82, 2.24) is 20.4 Å². The highest BCUT2D eigenvalue weighted by molar-refractivity contribution is 6.00. The molecular formula is C18H20N4O2. The van der Waals surface area contributed by atoms with Crippen molar-refractivity contribution in [3.05, 3.63) is 53.3 Å². The summed E-state index contributed by atoms with van der Waals surface area (Å²) in [4.78, 5) is 26.9. The first-order valence-corrected chi connectivity index (χ1v) is 8.39. The fourth-order valence-electron chi connectivity index (χ4n) is 3.70. The number of likely N-dealkylation sites (tertiary alicyclic amines) is 1. The van der Waals surface area contributed by atoms with E-state index in [1.807, 2.05) is 29.2 Å². The molecule has 2 aromatic rings. The van der Waals surface area contributed by atoms with Gasteiger partial charge in [-0.2, -0.15) is 5.10 Å². The van der Waals surface area contributed by atoms with Crippen molar-refractivity contribution >= 4 is 11.8 Å². The van der Waals surface area contributed by atoms with Gasteiger partial charge in [-0.15, -0.1) is 0 Å². The molecule has 0 saturated carbocycles. The topological polar surface area (TPSA) is 78.1 Å². The monoisotopic (exact) mass is 324 g/mol. The molecule has 1 fully saturated rings. The lowest BCUT2D eigenvalue weighted by Crippen LogP contribution is -2.53. The minimum absolute atomic E-state index is 0.0286. The van der Waals surface area contributed by atoms with Crippen LogP contribution < -0.4 is 5.32 Å². The lowest BCUT2D eigenvalue weighted by molar-refractivity contribution is -0.134. The van der Waals surface area contributed by atoms with Gasteiger partial charge in [-0.25, -0.2) is 0 Å². The van der Waals surface area contributed by atoms with Gasteiger partial charge in [-0.05, 0) is 30.5 Å². The number of benzene rings is 1. The van der Waals surface area contributed by atoms with E-state index in [2.05, 4.69) is 15.5 Å². The van der Waals surface area contributed by atoms with Crippen LogP contribution >= 0.6 is 0 Å². The fourth-order valence-corrected chi connectivity index (χ4v) is 3.70. The maximum Gasteiger partial charge on any atom is 0.252 e. The molecule has 1 atom stereocenters. The van der Waals surface area contributed by atoms with E-state index in [4.69, 9.17) is 0 Å². The predicted molar refractivity (Wildman–Crippen MR) is 88.5 cm³/mol. The van der Waals surface area contributed by atoms with Gasteiger partial charge in [0.1, 0.15) is 6.04 Å². The molecule has 0 aliphatic carbocycles. The van der Waals surface area contributed by atoms with Gasteiger partial charge in [0.2, 0.25) is 5.91 Å². The molecule has 0 radical (unpaired) electrons. The number of piperidine rings is 1. The summed E-state index contributed by atoms with van der Waals surface area (Å²) in [5.41, 5.74) is 2.77. The van der Waals surface area contributed by atoms with Crippen molar-refractivity contribution in [2.24, 2.45) is 0 Å². The van der Waals surface area contributed by atoms with Crippen molar-refractivity contribution in [3.8, 4) is 0 Å². The molecule has 6 nitrogen and oxygen atoms in total. The number of carbonyl (C=O) groups excluding carboxylic acids is 2. The molecule has 3 heterocycles. The molecular weight excluding hydrogens is 304 g/mol. The smallest absolute Gasteiger partial charge is 0.252 e. The average molecular weight is 324 g/mol. The molecule has 2 aliphatic rings. The zero-order valence-electron chi connectivity index (χ0n) is 13.4. The van der Waals surface area contributed by atoms with Gasteiger partial charge in [-0.1, -0.05) is 18.2 Å². The maximum atomic E-state index is 12.8. The third-order valence-corrected chi connectivity index (χ3v) is 5.06. The summed E-state index contributed by atoms with van der Waals surface area (Å²) in [7, 11) is 0. The average Bonchev–Trinajstić information content (AvgIpc) is 3.16. The van der Waals surface area contributed by atoms with Gasteiger partial charge in [0.25, 0.3) is 5.91 Å². The zero-order valence-corrected chi connectivity index (χ0v) is 13.4. The molecule has 0 bridgehead atoms. The van der Waals surface area contributed by atoms with Crippen LogP contribution in [0.15, 0.2) is 36.5 Å². The summed E-state index contributed by atoms with van der Waals surface area (Å²) >= 11 is 0. The summed E-state index contributed by atoms with van der Waals surface area (Å²) in [6.07, 6.45) is 4.18. The Kier molecular flexibility index (Phi) is 3.80. The highest BCUT2D eigenvalue weighted by Crippen LogP contribution is 2.27. The quantitative estimate of drug-likeness (QED) is 0.878. The second kappa shape index (κ2) is 6.11. The Morgan fingerprint density at radius 1 is 1.17 bits per heavy atom. The Morgan fingerprint density at radius 2 is 1.96 bits per heavy atom. The van der Waals surface area contributed by atoms with Crippen LogP contribution in [0.25, 0.3) is 0 Å². The Morgan fingerprint density at radius 3 is 2.71 bits per heavy atom. The van der Waals surface area contributed by atoms with E-state index in [0.29, 0.717) is 17.9 Å². The van der Waals surface area contributed by atoms with E-state index in [-0.39, 0.29) is 11.8 Å². The van der Waals surface area contributed by atoms with E-state index in [0.717, 1.165) is 37.2 Å². The van der Waals surface area contributed by atoms with Crippen LogP contribution in [-0.2, 0) is 11.2 Å². The maximum absolute atomic E-state index is 12.8. The highest BCUT2D eigenvalue weighted by atomic mass is 16.2. The number of H-pyrrole nitrogens is 1. The molecule has 2 aliphatic heterocycles. The van der Waals surface area contributed by atoms with Gasteiger partial charge < -0.3 is 10.2 Å². The summed E-state index contributed by atoms with van der Waals surface area (Å²) in [6.45, 7) is 1.44. The Labute approximate surface area is 140 Å². The summed E-state index contributed by atoms with van der Waals surface area (Å²) in [5, 5.41) is 9.88. The number of hydrogen-bond acceptors (Lipinski definition) is 3. The van der Waals surface area contributed by atoms with Gasteiger partial charge in [0, 0.05) is 42.9 Å². The molecule has 0 spiro atoms. The summed E-state index contributed by atoms with van der Waals surface area (Å²) in [5.74, 6) is 0.307. The van der Waals surface area contributed by atoms with Crippen molar-refractivity contribution < 1.29 is 9.59 Å². The van der Waals surface area contributed by atoms with Crippen molar-refractivity contribution in [2.45, 2.75) is 31.2 Å². The first kappa shape index (κ1) is 14.9. The van der Waals surface area contributed by atoms with Crippen molar-refractivity contribution in [3.63, 3.8) is 0 Å². The number of fused-ring (bicyclic) bond motifs is 1. The molecule has 24 heavy (non-hydrogen) atoms. The standard InChI is InChI=1S/C18H20N4O2/c23-17-14-4-2-1-3-13(14)11-16(20-17)18(24)22-9-6-12(7-10-22)15-5-8-19-21-15/h1-5,8,12,16H,6-7,9-11H2,(H,19,21)(H,20,23)/t16-/m0/s1. The normalized spacial score (nSPS) is 21.2. The minimum Gasteiger partial charge on any atom is -0.341 e. The van der Waals surface area contributed by atoms with E-state index >= 15 is 0 Å². The van der Waals surface area contributed by atoms with E-state index in [9.17, 15) is 9.59 Å². The first-order valence-electron chi connectivity index (χ1n) is 8.39. The van der Waals surface area contributed by atoms with E-state index < -0.39 is 6.04 Å². The summed E-state index contributed by atoms with van der Waals surface area (Å²) < 4.78 is 0. The fraction of sp³-hybridized carbons (Fsp3) is 0.389. The lowest BCUT2D eigenvalue weighted by Gasteiger charge is -2.35. The van der Waals surface area contributed by atoms with Crippen LogP contribution in [0.3, 0.4) is 0 Å². The Hall–Kier alpha value is -2.63. The predicted octanol–water partition coefficient (Wildman–Crippen LogP) is 1.47. The number of hydrogen-bond donors (Lipinski definition) is 2. The van der Waals surface area contributed by atoms with Crippen molar-refractivity contribution in [1.29, 1.82) is 0 Å². The van der Waals surface area contributed by atoms with Crippen LogP contribution in [-0.4, -0.2) is 46.0 Å². The van der Waals surface area contributed by atoms with E-state index in [1.54, 1.807) is 12.3 Å². The number of carbonyl (C=O) groups is 2. The molecule has 1 saturated heterocycles. The van der Waals surface area contributed by atoms with Gasteiger partial charge in [0.05, 0.1) is 0 Å². The lowest BCUT2D eigenvalue weighted by atomic mass is 9.91. The molecule has 1 aromatic heterocycles. The van der Waals surface area contributed by atoms with Crippen LogP contribution in [0.1, 0.15) is 40.4 Å². The number of rotatable bonds is 2. The van der Waals surface area contributed by atoms with Crippen molar-refractivity contribution in [2.75, 3.05) is 13.1 Å².